The van der Waals surface area contributed by atoms with Crippen molar-refractivity contribution in [3.05, 3.63) is 107 Å². The van der Waals surface area contributed by atoms with Gasteiger partial charge in [0.25, 0.3) is 0 Å². The van der Waals surface area contributed by atoms with Crippen molar-refractivity contribution in [3.63, 3.8) is 0 Å². The van der Waals surface area contributed by atoms with E-state index in [1.54, 1.807) is 60.7 Å². The largest absolute Gasteiger partial charge is 0.438 e. The maximum Gasteiger partial charge on any atom is 0.339 e. The second-order valence-electron chi connectivity index (χ2n) is 6.23. The monoisotopic (exact) mass is 396 g/mol. The number of rotatable bonds is 6. The second-order valence-corrected chi connectivity index (χ2v) is 6.23. The summed E-state index contributed by atoms with van der Waals surface area (Å²) < 4.78 is 10.5. The average molecular weight is 396 g/mol. The molecule has 146 valence electrons. The summed E-state index contributed by atoms with van der Waals surface area (Å²) in [6.45, 7) is 0. The van der Waals surface area contributed by atoms with Gasteiger partial charge >= 0.3 is 11.9 Å². The third-order valence-corrected chi connectivity index (χ3v) is 4.25. The molecule has 0 spiro atoms. The van der Waals surface area contributed by atoms with Gasteiger partial charge in [-0.25, -0.2) is 9.59 Å². The Morgan fingerprint density at radius 1 is 0.600 bits per heavy atom. The third-order valence-electron chi connectivity index (χ3n) is 4.25. The fraction of sp³-hybridized carbons (Fsp3) is 0.0833. The van der Waals surface area contributed by atoms with Crippen LogP contribution in [0.2, 0.25) is 0 Å². The Kier molecular flexibility index (Phi) is 6.55. The molecule has 0 aliphatic rings. The topological polar surface area (TPSA) is 100 Å². The van der Waals surface area contributed by atoms with Gasteiger partial charge in [0.2, 0.25) is 12.2 Å². The van der Waals surface area contributed by atoms with E-state index in [-0.39, 0.29) is 11.1 Å². The highest BCUT2D eigenvalue weighted by Crippen LogP contribution is 2.20. The SMILES string of the molecule is N#CC(OC(=O)c1ccc(C(=O)OC(C#N)c2ccccc2)cc1)c1ccccc1. The zero-order valence-corrected chi connectivity index (χ0v) is 15.8. The lowest BCUT2D eigenvalue weighted by Gasteiger charge is -2.12. The van der Waals surface area contributed by atoms with Crippen LogP contribution >= 0.6 is 0 Å². The number of carbonyl (C=O) groups excluding carboxylic acids is 2. The highest BCUT2D eigenvalue weighted by molar-refractivity contribution is 5.93. The van der Waals surface area contributed by atoms with E-state index in [1.807, 2.05) is 12.1 Å². The van der Waals surface area contributed by atoms with Crippen molar-refractivity contribution in [2.75, 3.05) is 0 Å². The lowest BCUT2D eigenvalue weighted by atomic mass is 10.1. The first-order valence-corrected chi connectivity index (χ1v) is 9.03. The number of hydrogen-bond acceptors (Lipinski definition) is 6. The highest BCUT2D eigenvalue weighted by atomic mass is 16.5. The number of ether oxygens (including phenoxy) is 2. The van der Waals surface area contributed by atoms with E-state index in [2.05, 4.69) is 0 Å². The molecule has 0 bridgehead atoms. The molecular weight excluding hydrogens is 380 g/mol. The second kappa shape index (κ2) is 9.68. The molecule has 0 N–H and O–H groups in total. The Morgan fingerprint density at radius 3 is 1.23 bits per heavy atom. The van der Waals surface area contributed by atoms with Crippen LogP contribution in [0.5, 0.6) is 0 Å². The predicted molar refractivity (Wildman–Crippen MR) is 107 cm³/mol. The molecule has 0 saturated heterocycles. The van der Waals surface area contributed by atoms with Crippen LogP contribution in [0.1, 0.15) is 44.1 Å². The smallest absolute Gasteiger partial charge is 0.339 e. The first-order valence-electron chi connectivity index (χ1n) is 9.03. The number of nitrogens with zero attached hydrogens (tertiary/aromatic N) is 2. The molecule has 0 radical (unpaired) electrons. The predicted octanol–water partition coefficient (Wildman–Crippen LogP) is 4.53. The van der Waals surface area contributed by atoms with Crippen LogP contribution < -0.4 is 0 Å². The number of esters is 2. The maximum atomic E-state index is 12.3. The van der Waals surface area contributed by atoms with Crippen molar-refractivity contribution in [3.8, 4) is 12.1 Å². The molecule has 30 heavy (non-hydrogen) atoms. The van der Waals surface area contributed by atoms with Crippen LogP contribution in [-0.4, -0.2) is 11.9 Å². The summed E-state index contributed by atoms with van der Waals surface area (Å²) >= 11 is 0. The van der Waals surface area contributed by atoms with Gasteiger partial charge < -0.3 is 9.47 Å². The van der Waals surface area contributed by atoms with Gasteiger partial charge in [0.15, 0.2) is 0 Å². The summed E-state index contributed by atoms with van der Waals surface area (Å²) in [5, 5.41) is 18.6. The van der Waals surface area contributed by atoms with Crippen LogP contribution in [0.3, 0.4) is 0 Å². The van der Waals surface area contributed by atoms with Gasteiger partial charge in [-0.3, -0.25) is 0 Å². The number of benzene rings is 3. The summed E-state index contributed by atoms with van der Waals surface area (Å²) in [5.74, 6) is -1.38. The molecule has 0 amide bonds. The van der Waals surface area contributed by atoms with Gasteiger partial charge in [-0.1, -0.05) is 60.7 Å². The molecule has 0 saturated carbocycles. The number of nitriles is 2. The normalized spacial score (nSPS) is 11.9. The zero-order chi connectivity index (χ0) is 21.3. The van der Waals surface area contributed by atoms with Gasteiger partial charge in [0.1, 0.15) is 12.1 Å². The van der Waals surface area contributed by atoms with E-state index >= 15 is 0 Å². The Bertz CT molecular complexity index is 1010. The van der Waals surface area contributed by atoms with E-state index in [0.717, 1.165) is 0 Å². The molecule has 3 aromatic rings. The van der Waals surface area contributed by atoms with Gasteiger partial charge in [-0.05, 0) is 24.3 Å². The minimum atomic E-state index is -1.04. The Hall–Kier alpha value is -4.42. The van der Waals surface area contributed by atoms with Crippen LogP contribution in [0.4, 0.5) is 0 Å². The van der Waals surface area contributed by atoms with Crippen molar-refractivity contribution < 1.29 is 19.1 Å². The molecule has 0 aliphatic heterocycles. The molecule has 2 atom stereocenters. The third kappa shape index (κ3) is 4.89. The van der Waals surface area contributed by atoms with Crippen molar-refractivity contribution in [2.45, 2.75) is 12.2 Å². The minimum Gasteiger partial charge on any atom is -0.438 e. The summed E-state index contributed by atoms with van der Waals surface area (Å²) in [5.41, 5.74) is 1.50. The van der Waals surface area contributed by atoms with E-state index in [9.17, 15) is 20.1 Å². The van der Waals surface area contributed by atoms with Crippen LogP contribution in [0, 0.1) is 22.7 Å². The van der Waals surface area contributed by atoms with E-state index in [0.29, 0.717) is 11.1 Å². The van der Waals surface area contributed by atoms with E-state index in [1.165, 1.54) is 24.3 Å². The van der Waals surface area contributed by atoms with Gasteiger partial charge in [0.05, 0.1) is 11.1 Å². The molecular formula is C24H16N2O4. The van der Waals surface area contributed by atoms with Gasteiger partial charge in [-0.2, -0.15) is 10.5 Å². The van der Waals surface area contributed by atoms with Crippen molar-refractivity contribution in [2.24, 2.45) is 0 Å². The van der Waals surface area contributed by atoms with Crippen molar-refractivity contribution >= 4 is 11.9 Å². The van der Waals surface area contributed by atoms with Crippen molar-refractivity contribution in [1.82, 2.24) is 0 Å². The summed E-state index contributed by atoms with van der Waals surface area (Å²) in [7, 11) is 0. The zero-order valence-electron chi connectivity index (χ0n) is 15.8. The van der Waals surface area contributed by atoms with Gasteiger partial charge in [-0.15, -0.1) is 0 Å². The molecule has 0 fully saturated rings. The first-order chi connectivity index (χ1) is 14.6. The van der Waals surface area contributed by atoms with Crippen LogP contribution in [0.15, 0.2) is 84.9 Å². The van der Waals surface area contributed by atoms with Crippen LogP contribution in [0.25, 0.3) is 0 Å². The summed E-state index contributed by atoms with van der Waals surface area (Å²) in [6.07, 6.45) is -2.07. The fourth-order valence-electron chi connectivity index (χ4n) is 2.69. The molecule has 6 nitrogen and oxygen atoms in total. The molecule has 6 heteroatoms. The molecule has 3 rings (SSSR count). The average Bonchev–Trinajstić information content (AvgIpc) is 2.81. The first kappa shape index (κ1) is 20.3. The molecule has 0 aromatic heterocycles. The molecule has 0 aliphatic carbocycles. The highest BCUT2D eigenvalue weighted by Gasteiger charge is 2.20. The summed E-state index contributed by atoms with van der Waals surface area (Å²) in [6, 6.07) is 26.9. The minimum absolute atomic E-state index is 0.183. The van der Waals surface area contributed by atoms with E-state index < -0.39 is 24.1 Å². The maximum absolute atomic E-state index is 12.3. The molecule has 3 aromatic carbocycles. The fourth-order valence-corrected chi connectivity index (χ4v) is 2.69. The van der Waals surface area contributed by atoms with Crippen molar-refractivity contribution in [1.29, 1.82) is 10.5 Å². The van der Waals surface area contributed by atoms with E-state index in [4.69, 9.17) is 9.47 Å². The Morgan fingerprint density at radius 2 is 0.933 bits per heavy atom. The summed E-state index contributed by atoms with van der Waals surface area (Å²) in [4.78, 5) is 24.7. The molecule has 2 unspecified atom stereocenters. The Labute approximate surface area is 173 Å². The van der Waals surface area contributed by atoms with Crippen LogP contribution in [-0.2, 0) is 9.47 Å². The quantitative estimate of drug-likeness (QED) is 0.568. The number of hydrogen-bond donors (Lipinski definition) is 0. The standard InChI is InChI=1S/C24H16N2O4/c25-15-21(17-7-3-1-4-8-17)29-23(27)19-11-13-20(14-12-19)24(28)30-22(16-26)18-9-5-2-6-10-18/h1-14,21-22H. The lowest BCUT2D eigenvalue weighted by molar-refractivity contribution is 0.0390. The lowest BCUT2D eigenvalue weighted by Crippen LogP contribution is -2.12. The Balaban J connectivity index is 1.67. The number of carbonyl (C=O) groups is 2. The van der Waals surface area contributed by atoms with Gasteiger partial charge in [0, 0.05) is 11.1 Å². The molecule has 0 heterocycles.